The van der Waals surface area contributed by atoms with Gasteiger partial charge in [-0.25, -0.2) is 15.0 Å². The molecule has 2 aromatic heterocycles. The molecule has 0 amide bonds. The van der Waals surface area contributed by atoms with Crippen LogP contribution in [-0.4, -0.2) is 65.8 Å². The van der Waals surface area contributed by atoms with E-state index in [2.05, 4.69) is 20.5 Å². The van der Waals surface area contributed by atoms with Crippen LogP contribution in [0.15, 0.2) is 28.3 Å². The summed E-state index contributed by atoms with van der Waals surface area (Å²) in [5.74, 6) is 1.06. The van der Waals surface area contributed by atoms with Crippen molar-refractivity contribution in [3.63, 3.8) is 0 Å². The number of ether oxygens (including phenoxy) is 1. The van der Waals surface area contributed by atoms with Crippen LogP contribution in [-0.2, 0) is 10.3 Å². The molecule has 4 heterocycles. The second kappa shape index (κ2) is 7.59. The van der Waals surface area contributed by atoms with Crippen molar-refractivity contribution >= 4 is 17.0 Å². The van der Waals surface area contributed by atoms with Crippen LogP contribution in [0.3, 0.4) is 0 Å². The first kappa shape index (κ1) is 20.4. The number of aliphatic hydroxyl groups is 3. The fourth-order valence-electron chi connectivity index (χ4n) is 4.56. The van der Waals surface area contributed by atoms with E-state index in [0.717, 1.165) is 18.5 Å². The fraction of sp³-hybridized carbons (Fsp3) is 0.650. The van der Waals surface area contributed by atoms with E-state index in [1.54, 1.807) is 4.57 Å². The van der Waals surface area contributed by atoms with Crippen LogP contribution in [0, 0.1) is 0 Å². The first-order valence-corrected chi connectivity index (χ1v) is 10.7. The predicted octanol–water partition coefficient (Wildman–Crippen LogP) is 1.38. The summed E-state index contributed by atoms with van der Waals surface area (Å²) in [7, 11) is 0. The van der Waals surface area contributed by atoms with Gasteiger partial charge < -0.3 is 25.4 Å². The molecule has 3 aliphatic rings. The lowest BCUT2D eigenvalue weighted by atomic mass is 10.0. The summed E-state index contributed by atoms with van der Waals surface area (Å²) in [5, 5.41) is 42.2. The van der Waals surface area contributed by atoms with Crippen molar-refractivity contribution in [3.8, 4) is 0 Å². The summed E-state index contributed by atoms with van der Waals surface area (Å²) in [5.41, 5.74) is 0.970. The molecule has 4 N–H and O–H groups in total. The molecule has 5 rings (SSSR count). The highest BCUT2D eigenvalue weighted by molar-refractivity contribution is 5.83. The highest BCUT2D eigenvalue weighted by Crippen LogP contribution is 2.37. The standard InChI is InChI=1S/C20H27N7O4/c1-10-7-20(2,26-25-10)19-23-16(22-11-5-3-4-6-11)13-17(24-19)27(9-21-13)18-15(30)14(29)12(8-28)31-18/h7,9,11-12,14-15,18,28-30H,3-6,8H2,1-2H3,(H,22,23,24)/t12-,14-,15-,18?,20?/m1/s1. The summed E-state index contributed by atoms with van der Waals surface area (Å²) in [6.07, 6.45) is 3.62. The van der Waals surface area contributed by atoms with Crippen molar-refractivity contribution in [2.75, 3.05) is 11.9 Å². The maximum absolute atomic E-state index is 10.5. The lowest BCUT2D eigenvalue weighted by Gasteiger charge is -2.20. The van der Waals surface area contributed by atoms with Crippen LogP contribution < -0.4 is 5.32 Å². The van der Waals surface area contributed by atoms with E-state index in [0.29, 0.717) is 28.8 Å². The average Bonchev–Trinajstić information content (AvgIpc) is 3.52. The van der Waals surface area contributed by atoms with Gasteiger partial charge in [0.2, 0.25) is 0 Å². The van der Waals surface area contributed by atoms with Crippen molar-refractivity contribution in [1.29, 1.82) is 0 Å². The Balaban J connectivity index is 1.62. The normalized spacial score (nSPS) is 33.5. The molecule has 2 aliphatic heterocycles. The highest BCUT2D eigenvalue weighted by Gasteiger charge is 2.44. The Labute approximate surface area is 178 Å². The number of imidazole rings is 1. The molecule has 0 aromatic carbocycles. The van der Waals surface area contributed by atoms with Gasteiger partial charge in [0.15, 0.2) is 34.6 Å². The van der Waals surface area contributed by atoms with Crippen LogP contribution in [0.2, 0.25) is 0 Å². The Morgan fingerprint density at radius 1 is 1.23 bits per heavy atom. The van der Waals surface area contributed by atoms with E-state index >= 15 is 0 Å². The third-order valence-corrected chi connectivity index (χ3v) is 6.27. The SMILES string of the molecule is CC1=CC(C)(c2nc(NC3CCCC3)c3ncn(C4O[C@H](CO)[C@@H](O)[C@H]4O)c3n2)N=N1. The Hall–Kier alpha value is -2.47. The fourth-order valence-corrected chi connectivity index (χ4v) is 4.56. The topological polar surface area (TPSA) is 150 Å². The lowest BCUT2D eigenvalue weighted by Crippen LogP contribution is -2.33. The zero-order valence-corrected chi connectivity index (χ0v) is 17.5. The molecular weight excluding hydrogens is 402 g/mol. The van der Waals surface area contributed by atoms with E-state index in [-0.39, 0.29) is 0 Å². The summed E-state index contributed by atoms with van der Waals surface area (Å²) < 4.78 is 7.29. The number of nitrogens with zero attached hydrogens (tertiary/aromatic N) is 6. The Bertz CT molecular complexity index is 1050. The summed E-state index contributed by atoms with van der Waals surface area (Å²) in [4.78, 5) is 14.0. The summed E-state index contributed by atoms with van der Waals surface area (Å²) in [6, 6.07) is 0.306. The van der Waals surface area contributed by atoms with Crippen molar-refractivity contribution in [1.82, 2.24) is 19.5 Å². The van der Waals surface area contributed by atoms with Gasteiger partial charge in [0.05, 0.1) is 18.6 Å². The number of hydrogen-bond donors (Lipinski definition) is 4. The molecule has 11 heteroatoms. The van der Waals surface area contributed by atoms with Crippen LogP contribution in [0.4, 0.5) is 5.82 Å². The molecular formula is C20H27N7O4. The average molecular weight is 429 g/mol. The molecule has 1 aliphatic carbocycles. The molecule has 1 saturated carbocycles. The number of nitrogens with one attached hydrogen (secondary N) is 1. The quantitative estimate of drug-likeness (QED) is 0.557. The van der Waals surface area contributed by atoms with E-state index < -0.39 is 36.7 Å². The number of fused-ring (bicyclic) bond motifs is 1. The Morgan fingerprint density at radius 3 is 2.65 bits per heavy atom. The first-order chi connectivity index (χ1) is 14.9. The minimum Gasteiger partial charge on any atom is -0.394 e. The van der Waals surface area contributed by atoms with Crippen molar-refractivity contribution in [3.05, 3.63) is 23.9 Å². The maximum Gasteiger partial charge on any atom is 0.168 e. The van der Waals surface area contributed by atoms with Crippen molar-refractivity contribution in [2.24, 2.45) is 10.2 Å². The lowest BCUT2D eigenvalue weighted by molar-refractivity contribution is -0.0511. The largest absolute Gasteiger partial charge is 0.394 e. The number of aliphatic hydroxyl groups excluding tert-OH is 3. The zero-order chi connectivity index (χ0) is 21.8. The van der Waals surface area contributed by atoms with Gasteiger partial charge in [-0.3, -0.25) is 4.57 Å². The Kier molecular flexibility index (Phi) is 5.00. The molecule has 5 atom stereocenters. The number of anilines is 1. The number of allylic oxidation sites excluding steroid dienone is 1. The zero-order valence-electron chi connectivity index (χ0n) is 17.5. The van der Waals surface area contributed by atoms with Crippen LogP contribution in [0.25, 0.3) is 11.2 Å². The molecule has 2 fully saturated rings. The predicted molar refractivity (Wildman–Crippen MR) is 110 cm³/mol. The van der Waals surface area contributed by atoms with Gasteiger partial charge in [0.1, 0.15) is 18.3 Å². The maximum atomic E-state index is 10.5. The van der Waals surface area contributed by atoms with Gasteiger partial charge in [-0.1, -0.05) is 12.8 Å². The molecule has 0 spiro atoms. The first-order valence-electron chi connectivity index (χ1n) is 10.7. The second-order valence-corrected chi connectivity index (χ2v) is 8.71. The molecule has 2 aromatic rings. The molecule has 1 saturated heterocycles. The number of rotatable bonds is 5. The van der Waals surface area contributed by atoms with Gasteiger partial charge >= 0.3 is 0 Å². The number of azo groups is 1. The molecule has 166 valence electrons. The minimum absolute atomic E-state index is 0.306. The highest BCUT2D eigenvalue weighted by atomic mass is 16.6. The monoisotopic (exact) mass is 429 g/mol. The second-order valence-electron chi connectivity index (χ2n) is 8.71. The molecule has 11 nitrogen and oxygen atoms in total. The smallest absolute Gasteiger partial charge is 0.168 e. The van der Waals surface area contributed by atoms with Crippen molar-refractivity contribution in [2.45, 2.75) is 75.7 Å². The van der Waals surface area contributed by atoms with Gasteiger partial charge in [0.25, 0.3) is 0 Å². The van der Waals surface area contributed by atoms with Gasteiger partial charge in [0, 0.05) is 6.04 Å². The van der Waals surface area contributed by atoms with Gasteiger partial charge in [-0.05, 0) is 32.8 Å². The van der Waals surface area contributed by atoms with E-state index in [9.17, 15) is 15.3 Å². The van der Waals surface area contributed by atoms with Crippen LogP contribution in [0.5, 0.6) is 0 Å². The summed E-state index contributed by atoms with van der Waals surface area (Å²) in [6.45, 7) is 3.35. The number of hydrogen-bond acceptors (Lipinski definition) is 10. The van der Waals surface area contributed by atoms with Crippen LogP contribution in [0.1, 0.15) is 51.6 Å². The minimum atomic E-state index is -1.23. The van der Waals surface area contributed by atoms with Crippen molar-refractivity contribution < 1.29 is 20.1 Å². The third-order valence-electron chi connectivity index (χ3n) is 6.27. The molecule has 2 unspecified atom stereocenters. The molecule has 0 radical (unpaired) electrons. The van der Waals surface area contributed by atoms with E-state index in [4.69, 9.17) is 14.7 Å². The Morgan fingerprint density at radius 2 is 2.00 bits per heavy atom. The van der Waals surface area contributed by atoms with E-state index in [1.165, 1.54) is 19.2 Å². The van der Waals surface area contributed by atoms with Gasteiger partial charge in [-0.2, -0.15) is 10.2 Å². The van der Waals surface area contributed by atoms with Gasteiger partial charge in [-0.15, -0.1) is 0 Å². The third kappa shape index (κ3) is 3.41. The number of aromatic nitrogens is 4. The molecule has 31 heavy (non-hydrogen) atoms. The van der Waals surface area contributed by atoms with Crippen LogP contribution >= 0.6 is 0 Å². The van der Waals surface area contributed by atoms with E-state index in [1.807, 2.05) is 19.9 Å². The summed E-state index contributed by atoms with van der Waals surface area (Å²) >= 11 is 0. The molecule has 0 bridgehead atoms.